The molecule has 0 spiro atoms. The zero-order valence-electron chi connectivity index (χ0n) is 20.2. The number of hydrogen-bond donors (Lipinski definition) is 1. The van der Waals surface area contributed by atoms with Crippen LogP contribution >= 0.6 is 0 Å². The number of ether oxygens (including phenoxy) is 3. The third-order valence-electron chi connectivity index (χ3n) is 3.25. The van der Waals surface area contributed by atoms with E-state index in [0.29, 0.717) is 6.42 Å². The predicted octanol–water partition coefficient (Wildman–Crippen LogP) is 5.17. The summed E-state index contributed by atoms with van der Waals surface area (Å²) in [4.78, 5) is 45.5. The fourth-order valence-corrected chi connectivity index (χ4v) is 2.08. The van der Waals surface area contributed by atoms with Gasteiger partial charge in [-0.15, -0.1) is 0 Å². The summed E-state index contributed by atoms with van der Waals surface area (Å²) in [7, 11) is 0. The first-order valence-corrected chi connectivity index (χ1v) is 10.3. The van der Waals surface area contributed by atoms with Crippen LogP contribution in [0.2, 0.25) is 0 Å². The highest BCUT2D eigenvalue weighted by molar-refractivity contribution is 5.89. The molecule has 0 heterocycles. The third kappa shape index (κ3) is 14.1. The van der Waals surface area contributed by atoms with Crippen LogP contribution in [-0.4, -0.2) is 29.0 Å². The maximum Gasteiger partial charge on any atom is 0.336 e. The van der Waals surface area contributed by atoms with Crippen molar-refractivity contribution in [2.75, 3.05) is 0 Å². The summed E-state index contributed by atoms with van der Waals surface area (Å²) in [6, 6.07) is 4.41. The summed E-state index contributed by atoms with van der Waals surface area (Å²) in [5.74, 6) is -2.88. The fraction of sp³-hybridized carbons (Fsp3) is 0.360. The lowest BCUT2D eigenvalue weighted by atomic mass is 10.2. The number of rotatable bonds is 8. The van der Waals surface area contributed by atoms with E-state index >= 15 is 0 Å². The molecule has 0 fully saturated rings. The van der Waals surface area contributed by atoms with E-state index in [-0.39, 0.29) is 17.2 Å². The van der Waals surface area contributed by atoms with Crippen LogP contribution in [0, 0.1) is 0 Å². The van der Waals surface area contributed by atoms with Crippen LogP contribution in [0.3, 0.4) is 0 Å². The number of para-hydroxylation sites is 1. The van der Waals surface area contributed by atoms with Crippen LogP contribution < -0.4 is 14.2 Å². The van der Waals surface area contributed by atoms with Gasteiger partial charge in [0.2, 0.25) is 5.75 Å². The number of esters is 3. The first-order valence-electron chi connectivity index (χ1n) is 10.3. The molecular formula is C25H32O8. The second-order valence-electron chi connectivity index (χ2n) is 7.66. The van der Waals surface area contributed by atoms with Crippen LogP contribution in [0.15, 0.2) is 53.1 Å². The summed E-state index contributed by atoms with van der Waals surface area (Å²) in [6.45, 7) is 12.3. The zero-order chi connectivity index (χ0) is 25.6. The van der Waals surface area contributed by atoms with Gasteiger partial charge in [0.05, 0.1) is 0 Å². The van der Waals surface area contributed by atoms with Gasteiger partial charge in [0.15, 0.2) is 11.5 Å². The van der Waals surface area contributed by atoms with Crippen molar-refractivity contribution in [1.29, 1.82) is 0 Å². The van der Waals surface area contributed by atoms with Crippen LogP contribution in [0.5, 0.6) is 17.2 Å². The number of carboxylic acid groups (broad SMARTS) is 1. The Morgan fingerprint density at radius 3 is 1.36 bits per heavy atom. The fourth-order valence-electron chi connectivity index (χ4n) is 2.08. The molecule has 0 bridgehead atoms. The van der Waals surface area contributed by atoms with Gasteiger partial charge in [0.25, 0.3) is 0 Å². The number of benzene rings is 1. The van der Waals surface area contributed by atoms with Gasteiger partial charge < -0.3 is 19.3 Å². The quantitative estimate of drug-likeness (QED) is 0.321. The summed E-state index contributed by atoms with van der Waals surface area (Å²) in [6.07, 6.45) is 4.89. The number of carbonyl (C=O) groups is 4. The molecule has 0 atom stereocenters. The molecule has 0 aliphatic heterocycles. The molecule has 0 unspecified atom stereocenters. The minimum atomic E-state index is -0.711. The first kappa shape index (κ1) is 29.3. The normalized spacial score (nSPS) is 9.30. The Kier molecular flexibility index (Phi) is 13.5. The summed E-state index contributed by atoms with van der Waals surface area (Å²) < 4.78 is 15.8. The van der Waals surface area contributed by atoms with Gasteiger partial charge in [0.1, 0.15) is 0 Å². The van der Waals surface area contributed by atoms with Gasteiger partial charge in [0, 0.05) is 24.6 Å². The van der Waals surface area contributed by atoms with Crippen LogP contribution in [0.1, 0.15) is 61.3 Å². The molecule has 33 heavy (non-hydrogen) atoms. The molecule has 0 aromatic heterocycles. The van der Waals surface area contributed by atoms with Crippen LogP contribution in [0.25, 0.3) is 0 Å². The molecule has 8 heteroatoms. The molecule has 180 valence electrons. The summed E-state index contributed by atoms with van der Waals surface area (Å²) >= 11 is 0. The maximum atomic E-state index is 12.1. The van der Waals surface area contributed by atoms with E-state index in [1.807, 2.05) is 6.92 Å². The van der Waals surface area contributed by atoms with E-state index in [1.54, 1.807) is 41.5 Å². The molecule has 0 aliphatic rings. The van der Waals surface area contributed by atoms with Crippen molar-refractivity contribution in [2.24, 2.45) is 0 Å². The Morgan fingerprint density at radius 2 is 1.09 bits per heavy atom. The Labute approximate surface area is 194 Å². The van der Waals surface area contributed by atoms with Crippen LogP contribution in [0.4, 0.5) is 0 Å². The van der Waals surface area contributed by atoms with Crippen molar-refractivity contribution in [3.8, 4) is 17.2 Å². The largest absolute Gasteiger partial charge is 0.481 e. The molecule has 1 aromatic carbocycles. The Balaban J connectivity index is 0.00000150. The van der Waals surface area contributed by atoms with Gasteiger partial charge in [-0.05, 0) is 60.1 Å². The van der Waals surface area contributed by atoms with Gasteiger partial charge >= 0.3 is 23.9 Å². The minimum Gasteiger partial charge on any atom is -0.481 e. The molecule has 0 saturated heterocycles. The van der Waals surface area contributed by atoms with E-state index in [1.165, 1.54) is 36.4 Å². The highest BCUT2D eigenvalue weighted by atomic mass is 16.6. The SMILES string of the molecule is CC(C)=CC(=O)Oc1cccc(OC(=O)C=C(C)C)c1OC(=O)C=C(C)C.CCCC(=O)O. The van der Waals surface area contributed by atoms with Crippen molar-refractivity contribution in [3.05, 3.63) is 53.1 Å². The molecule has 0 radical (unpaired) electrons. The lowest BCUT2D eigenvalue weighted by Crippen LogP contribution is -2.12. The third-order valence-corrected chi connectivity index (χ3v) is 3.25. The summed E-state index contributed by atoms with van der Waals surface area (Å²) in [5.41, 5.74) is 2.21. The van der Waals surface area contributed by atoms with Crippen molar-refractivity contribution in [3.63, 3.8) is 0 Å². The average molecular weight is 461 g/mol. The van der Waals surface area contributed by atoms with Gasteiger partial charge in [-0.25, -0.2) is 14.4 Å². The van der Waals surface area contributed by atoms with Gasteiger partial charge in [-0.1, -0.05) is 29.7 Å². The lowest BCUT2D eigenvalue weighted by Gasteiger charge is -2.13. The number of allylic oxidation sites excluding steroid dienone is 3. The molecule has 0 aliphatic carbocycles. The van der Waals surface area contributed by atoms with E-state index in [4.69, 9.17) is 19.3 Å². The number of hydrogen-bond acceptors (Lipinski definition) is 7. The van der Waals surface area contributed by atoms with Crippen molar-refractivity contribution >= 4 is 23.9 Å². The standard InChI is InChI=1S/C21H24O6.C4H8O2/c1-13(2)10-18(22)25-16-8-7-9-17(26-19(23)11-14(3)4)21(16)27-20(24)12-15(5)6;1-2-3-4(5)6/h7-12H,1-6H3;2-3H2,1H3,(H,5,6). The van der Waals surface area contributed by atoms with Gasteiger partial charge in [-0.3, -0.25) is 4.79 Å². The van der Waals surface area contributed by atoms with E-state index in [0.717, 1.165) is 23.1 Å². The first-order chi connectivity index (χ1) is 15.3. The molecule has 0 amide bonds. The number of carboxylic acids is 1. The number of aliphatic carboxylic acids is 1. The molecular weight excluding hydrogens is 428 g/mol. The highest BCUT2D eigenvalue weighted by Gasteiger charge is 2.19. The number of carbonyl (C=O) groups excluding carboxylic acids is 3. The molecule has 0 saturated carbocycles. The van der Waals surface area contributed by atoms with E-state index < -0.39 is 23.9 Å². The Bertz CT molecular complexity index is 889. The van der Waals surface area contributed by atoms with E-state index in [9.17, 15) is 19.2 Å². The molecule has 1 rings (SSSR count). The lowest BCUT2D eigenvalue weighted by molar-refractivity contribution is -0.137. The van der Waals surface area contributed by atoms with Crippen LogP contribution in [-0.2, 0) is 19.2 Å². The second-order valence-corrected chi connectivity index (χ2v) is 7.66. The van der Waals surface area contributed by atoms with Crippen molar-refractivity contribution in [2.45, 2.75) is 61.3 Å². The molecule has 8 nitrogen and oxygen atoms in total. The average Bonchev–Trinajstić information content (AvgIpc) is 2.62. The Hall–Kier alpha value is -3.68. The highest BCUT2D eigenvalue weighted by Crippen LogP contribution is 2.38. The van der Waals surface area contributed by atoms with Gasteiger partial charge in [-0.2, -0.15) is 0 Å². The minimum absolute atomic E-state index is 0.0319. The summed E-state index contributed by atoms with van der Waals surface area (Å²) in [5, 5.41) is 7.91. The van der Waals surface area contributed by atoms with Crippen molar-refractivity contribution in [1.82, 2.24) is 0 Å². The predicted molar refractivity (Wildman–Crippen MR) is 124 cm³/mol. The maximum absolute atomic E-state index is 12.1. The molecule has 1 aromatic rings. The smallest absolute Gasteiger partial charge is 0.336 e. The zero-order valence-corrected chi connectivity index (χ0v) is 20.2. The monoisotopic (exact) mass is 460 g/mol. The van der Waals surface area contributed by atoms with Crippen molar-refractivity contribution < 1.29 is 38.5 Å². The van der Waals surface area contributed by atoms with E-state index in [2.05, 4.69) is 0 Å². The molecule has 1 N–H and O–H groups in total. The topological polar surface area (TPSA) is 116 Å². The Morgan fingerprint density at radius 1 is 0.727 bits per heavy atom. The second kappa shape index (κ2) is 15.2.